The predicted octanol–water partition coefficient (Wildman–Crippen LogP) is 5.35. The number of benzene rings is 2. The summed E-state index contributed by atoms with van der Waals surface area (Å²) >= 11 is 1.66. The molecule has 0 amide bonds. The highest BCUT2D eigenvalue weighted by atomic mass is 32.1. The molecule has 29 heavy (non-hydrogen) atoms. The summed E-state index contributed by atoms with van der Waals surface area (Å²) in [5.41, 5.74) is 1.59. The molecule has 0 unspecified atom stereocenters. The van der Waals surface area contributed by atoms with Gasteiger partial charge in [-0.15, -0.1) is 11.3 Å². The molecule has 0 aliphatic carbocycles. The molecule has 2 heterocycles. The smallest absolute Gasteiger partial charge is 0.197 e. The van der Waals surface area contributed by atoms with Crippen molar-refractivity contribution in [3.63, 3.8) is 0 Å². The fourth-order valence-electron chi connectivity index (χ4n) is 3.84. The average molecular weight is 409 g/mol. The molecule has 152 valence electrons. The lowest BCUT2D eigenvalue weighted by Crippen LogP contribution is -2.29. The Morgan fingerprint density at radius 3 is 2.69 bits per heavy atom. The second kappa shape index (κ2) is 7.81. The number of fused-ring (bicyclic) bond motifs is 4. The molecular formula is C24H28N2O2S. The first-order valence-electron chi connectivity index (χ1n) is 10.3. The van der Waals surface area contributed by atoms with Crippen molar-refractivity contribution in [2.75, 3.05) is 31.5 Å². The Morgan fingerprint density at radius 2 is 1.93 bits per heavy atom. The van der Waals surface area contributed by atoms with E-state index >= 15 is 0 Å². The Balaban J connectivity index is 1.88. The van der Waals surface area contributed by atoms with Crippen LogP contribution in [-0.2, 0) is 0 Å². The van der Waals surface area contributed by atoms with Crippen molar-refractivity contribution in [3.8, 4) is 5.75 Å². The van der Waals surface area contributed by atoms with Gasteiger partial charge < -0.3 is 15.0 Å². The summed E-state index contributed by atoms with van der Waals surface area (Å²) in [5, 5.41) is 5.07. The molecule has 0 fully saturated rings. The highest BCUT2D eigenvalue weighted by Crippen LogP contribution is 2.42. The first kappa shape index (κ1) is 19.9. The van der Waals surface area contributed by atoms with Crippen LogP contribution < -0.4 is 15.5 Å². The molecular weight excluding hydrogens is 380 g/mol. The van der Waals surface area contributed by atoms with Gasteiger partial charge in [0.05, 0.1) is 15.8 Å². The largest absolute Gasteiger partial charge is 0.483 e. The van der Waals surface area contributed by atoms with Crippen LogP contribution >= 0.6 is 11.3 Å². The number of hydrogen-bond donors (Lipinski definition) is 1. The van der Waals surface area contributed by atoms with E-state index in [9.17, 15) is 4.79 Å². The molecule has 5 heteroatoms. The average Bonchev–Trinajstić information content (AvgIpc) is 2.70. The molecule has 1 aliphatic rings. The van der Waals surface area contributed by atoms with Crippen molar-refractivity contribution >= 4 is 43.3 Å². The Labute approximate surface area is 175 Å². The van der Waals surface area contributed by atoms with Gasteiger partial charge in [-0.05, 0) is 51.2 Å². The first-order chi connectivity index (χ1) is 13.9. The van der Waals surface area contributed by atoms with E-state index in [1.54, 1.807) is 11.3 Å². The first-order valence-corrected chi connectivity index (χ1v) is 11.1. The summed E-state index contributed by atoms with van der Waals surface area (Å²) in [4.78, 5) is 15.8. The van der Waals surface area contributed by atoms with E-state index in [1.165, 1.54) is 0 Å². The molecule has 1 aliphatic heterocycles. The van der Waals surface area contributed by atoms with Crippen molar-refractivity contribution in [1.82, 2.24) is 4.90 Å². The van der Waals surface area contributed by atoms with Crippen LogP contribution in [0.15, 0.2) is 41.2 Å². The maximum Gasteiger partial charge on any atom is 0.197 e. The summed E-state index contributed by atoms with van der Waals surface area (Å²) in [6, 6.07) is 9.86. The molecule has 0 spiro atoms. The fourth-order valence-corrected chi connectivity index (χ4v) is 5.06. The SMILES string of the molecule is CCN(CC)CCNc1cc2c(c3sc4ccccc4c(=O)c13)C=CC(C)(C)O2. The molecule has 3 aromatic rings. The molecule has 2 aromatic carbocycles. The number of ether oxygens (including phenoxy) is 1. The van der Waals surface area contributed by atoms with Gasteiger partial charge in [-0.25, -0.2) is 0 Å². The molecule has 0 radical (unpaired) electrons. The summed E-state index contributed by atoms with van der Waals surface area (Å²) < 4.78 is 8.25. The Bertz CT molecular complexity index is 1140. The second-order valence-electron chi connectivity index (χ2n) is 7.96. The Hall–Kier alpha value is -2.37. The number of hydrogen-bond acceptors (Lipinski definition) is 5. The molecule has 4 rings (SSSR count). The van der Waals surface area contributed by atoms with Crippen LogP contribution in [0, 0.1) is 0 Å². The highest BCUT2D eigenvalue weighted by molar-refractivity contribution is 7.24. The number of likely N-dealkylation sites (N-methyl/N-ethyl adjacent to an activating group) is 1. The van der Waals surface area contributed by atoms with Gasteiger partial charge in [0.2, 0.25) is 0 Å². The normalized spacial score (nSPS) is 14.9. The Kier molecular flexibility index (Phi) is 5.36. The monoisotopic (exact) mass is 408 g/mol. The van der Waals surface area contributed by atoms with Gasteiger partial charge in [0.1, 0.15) is 11.4 Å². The van der Waals surface area contributed by atoms with Gasteiger partial charge in [0.15, 0.2) is 5.43 Å². The molecule has 4 nitrogen and oxygen atoms in total. The quantitative estimate of drug-likeness (QED) is 0.558. The lowest BCUT2D eigenvalue weighted by molar-refractivity contribution is 0.159. The van der Waals surface area contributed by atoms with E-state index < -0.39 is 0 Å². The van der Waals surface area contributed by atoms with Crippen molar-refractivity contribution in [1.29, 1.82) is 0 Å². The lowest BCUT2D eigenvalue weighted by atomic mass is 10.00. The minimum atomic E-state index is -0.360. The predicted molar refractivity (Wildman–Crippen MR) is 126 cm³/mol. The van der Waals surface area contributed by atoms with E-state index in [0.717, 1.165) is 63.4 Å². The van der Waals surface area contributed by atoms with E-state index in [1.807, 2.05) is 44.2 Å². The number of anilines is 1. The van der Waals surface area contributed by atoms with E-state index in [0.29, 0.717) is 0 Å². The summed E-state index contributed by atoms with van der Waals surface area (Å²) in [6.45, 7) is 12.2. The zero-order chi connectivity index (χ0) is 20.6. The highest BCUT2D eigenvalue weighted by Gasteiger charge is 2.25. The third-order valence-corrected chi connectivity index (χ3v) is 6.72. The van der Waals surface area contributed by atoms with Crippen LogP contribution in [0.5, 0.6) is 5.75 Å². The fraction of sp³-hybridized carbons (Fsp3) is 0.375. The molecule has 1 N–H and O–H groups in total. The van der Waals surface area contributed by atoms with Crippen LogP contribution in [0.3, 0.4) is 0 Å². The zero-order valence-corrected chi connectivity index (χ0v) is 18.4. The van der Waals surface area contributed by atoms with Crippen molar-refractivity contribution < 1.29 is 4.74 Å². The minimum Gasteiger partial charge on any atom is -0.483 e. The molecule has 0 bridgehead atoms. The van der Waals surface area contributed by atoms with Crippen LogP contribution in [0.2, 0.25) is 0 Å². The van der Waals surface area contributed by atoms with Gasteiger partial charge in [-0.2, -0.15) is 0 Å². The number of nitrogens with zero attached hydrogens (tertiary/aromatic N) is 1. The summed E-state index contributed by atoms with van der Waals surface area (Å²) in [6.07, 6.45) is 4.17. The van der Waals surface area contributed by atoms with Crippen LogP contribution in [0.1, 0.15) is 33.3 Å². The molecule has 1 aromatic heterocycles. The summed E-state index contributed by atoms with van der Waals surface area (Å²) in [5.74, 6) is 0.835. The number of rotatable bonds is 6. The summed E-state index contributed by atoms with van der Waals surface area (Å²) in [7, 11) is 0. The molecule has 0 saturated carbocycles. The third-order valence-electron chi connectivity index (χ3n) is 5.51. The standard InChI is InChI=1S/C24H28N2O2S/c1-5-26(6-2)14-13-25-18-15-19-16(11-12-24(3,4)28-19)23-21(18)22(27)17-9-7-8-10-20(17)29-23/h7-12,15,25H,5-6,13-14H2,1-4H3. The maximum absolute atomic E-state index is 13.4. The van der Waals surface area contributed by atoms with Crippen LogP contribution in [0.4, 0.5) is 5.69 Å². The van der Waals surface area contributed by atoms with Gasteiger partial charge >= 0.3 is 0 Å². The van der Waals surface area contributed by atoms with E-state index in [-0.39, 0.29) is 11.0 Å². The van der Waals surface area contributed by atoms with Crippen molar-refractivity contribution in [2.45, 2.75) is 33.3 Å². The van der Waals surface area contributed by atoms with Crippen molar-refractivity contribution in [3.05, 3.63) is 52.2 Å². The van der Waals surface area contributed by atoms with Gasteiger partial charge in [-0.3, -0.25) is 4.79 Å². The van der Waals surface area contributed by atoms with Gasteiger partial charge in [0, 0.05) is 34.8 Å². The Morgan fingerprint density at radius 1 is 1.17 bits per heavy atom. The maximum atomic E-state index is 13.4. The van der Waals surface area contributed by atoms with Crippen LogP contribution in [-0.4, -0.2) is 36.7 Å². The van der Waals surface area contributed by atoms with E-state index in [2.05, 4.69) is 36.2 Å². The topological polar surface area (TPSA) is 41.6 Å². The third kappa shape index (κ3) is 3.77. The lowest BCUT2D eigenvalue weighted by Gasteiger charge is -2.29. The minimum absolute atomic E-state index is 0.0840. The molecule has 0 saturated heterocycles. The second-order valence-corrected chi connectivity index (χ2v) is 9.01. The van der Waals surface area contributed by atoms with Gasteiger partial charge in [0.25, 0.3) is 0 Å². The zero-order valence-electron chi connectivity index (χ0n) is 17.5. The van der Waals surface area contributed by atoms with Crippen LogP contribution in [0.25, 0.3) is 26.2 Å². The molecule has 0 atom stereocenters. The number of nitrogens with one attached hydrogen (secondary N) is 1. The van der Waals surface area contributed by atoms with Gasteiger partial charge in [-0.1, -0.05) is 26.0 Å². The van der Waals surface area contributed by atoms with Crippen molar-refractivity contribution in [2.24, 2.45) is 0 Å². The van der Waals surface area contributed by atoms with E-state index in [4.69, 9.17) is 4.74 Å².